The zero-order valence-electron chi connectivity index (χ0n) is 14.7. The molecule has 0 unspecified atom stereocenters. The number of aromatic nitrogens is 2. The molecule has 0 aliphatic heterocycles. The Balaban J connectivity index is 1.81. The molecule has 1 aliphatic rings. The highest BCUT2D eigenvalue weighted by molar-refractivity contribution is 5.95. The molecule has 2 aromatic rings. The maximum absolute atomic E-state index is 13.6. The lowest BCUT2D eigenvalue weighted by atomic mass is 10.2. The molecule has 3 rings (SSSR count). The first-order valence-corrected chi connectivity index (χ1v) is 8.48. The van der Waals surface area contributed by atoms with E-state index in [1.54, 1.807) is 25.1 Å². The number of alkyl halides is 3. The van der Waals surface area contributed by atoms with E-state index >= 15 is 0 Å². The van der Waals surface area contributed by atoms with E-state index in [0.29, 0.717) is 19.1 Å². The van der Waals surface area contributed by atoms with Crippen molar-refractivity contribution in [3.63, 3.8) is 0 Å². The predicted octanol–water partition coefficient (Wildman–Crippen LogP) is 3.02. The fourth-order valence-electron chi connectivity index (χ4n) is 2.88. The SMILES string of the molecule is Cc1cccc(-n2ncc(C(=O)NCCN(C)C3CC3)c2C(F)(F)F)c1. The summed E-state index contributed by atoms with van der Waals surface area (Å²) in [6.07, 6.45) is -1.46. The summed E-state index contributed by atoms with van der Waals surface area (Å²) in [7, 11) is 1.95. The zero-order chi connectivity index (χ0) is 18.9. The second-order valence-corrected chi connectivity index (χ2v) is 6.62. The minimum Gasteiger partial charge on any atom is -0.351 e. The predicted molar refractivity (Wildman–Crippen MR) is 91.3 cm³/mol. The number of halogens is 3. The highest BCUT2D eigenvalue weighted by Gasteiger charge is 2.40. The number of nitrogens with zero attached hydrogens (tertiary/aromatic N) is 3. The molecule has 0 saturated heterocycles. The minimum absolute atomic E-state index is 0.268. The van der Waals surface area contributed by atoms with Crippen LogP contribution in [0.15, 0.2) is 30.5 Å². The summed E-state index contributed by atoms with van der Waals surface area (Å²) in [6.45, 7) is 2.67. The molecule has 1 amide bonds. The molecule has 1 aromatic heterocycles. The summed E-state index contributed by atoms with van der Waals surface area (Å²) in [6, 6.07) is 7.09. The van der Waals surface area contributed by atoms with Crippen LogP contribution in [0.25, 0.3) is 5.69 Å². The highest BCUT2D eigenvalue weighted by atomic mass is 19.4. The Labute approximate surface area is 149 Å². The fraction of sp³-hybridized carbons (Fsp3) is 0.444. The summed E-state index contributed by atoms with van der Waals surface area (Å²) >= 11 is 0. The molecule has 0 atom stereocenters. The van der Waals surface area contributed by atoms with Crippen molar-refractivity contribution in [3.05, 3.63) is 47.3 Å². The van der Waals surface area contributed by atoms with Crippen LogP contribution in [0.5, 0.6) is 0 Å². The Morgan fingerprint density at radius 3 is 2.73 bits per heavy atom. The first-order chi connectivity index (χ1) is 12.3. The molecule has 1 fully saturated rings. The topological polar surface area (TPSA) is 50.2 Å². The highest BCUT2D eigenvalue weighted by Crippen LogP contribution is 2.33. The van der Waals surface area contributed by atoms with Gasteiger partial charge in [-0.2, -0.15) is 18.3 Å². The molecule has 1 aliphatic carbocycles. The summed E-state index contributed by atoms with van der Waals surface area (Å²) in [5.74, 6) is -0.763. The van der Waals surface area contributed by atoms with Crippen LogP contribution in [0.4, 0.5) is 13.2 Å². The molecular formula is C18H21F3N4O. The fourth-order valence-corrected chi connectivity index (χ4v) is 2.88. The molecule has 1 aromatic carbocycles. The van der Waals surface area contributed by atoms with E-state index in [2.05, 4.69) is 15.3 Å². The van der Waals surface area contributed by atoms with Crippen LogP contribution in [0.3, 0.4) is 0 Å². The van der Waals surface area contributed by atoms with Gasteiger partial charge < -0.3 is 10.2 Å². The average molecular weight is 366 g/mol. The molecule has 0 spiro atoms. The maximum Gasteiger partial charge on any atom is 0.434 e. The van der Waals surface area contributed by atoms with E-state index in [0.717, 1.165) is 29.3 Å². The number of carbonyl (C=O) groups excluding carboxylic acids is 1. The number of aryl methyl sites for hydroxylation is 1. The van der Waals surface area contributed by atoms with Gasteiger partial charge in [0.1, 0.15) is 0 Å². The van der Waals surface area contributed by atoms with Crippen molar-refractivity contribution in [1.29, 1.82) is 0 Å². The molecule has 0 radical (unpaired) electrons. The average Bonchev–Trinajstić information content (AvgIpc) is 3.31. The van der Waals surface area contributed by atoms with E-state index in [-0.39, 0.29) is 5.69 Å². The number of nitrogens with one attached hydrogen (secondary N) is 1. The Morgan fingerprint density at radius 2 is 2.12 bits per heavy atom. The monoisotopic (exact) mass is 366 g/mol. The van der Waals surface area contributed by atoms with Crippen molar-refractivity contribution >= 4 is 5.91 Å². The van der Waals surface area contributed by atoms with Crippen LogP contribution in [0.1, 0.15) is 34.5 Å². The van der Waals surface area contributed by atoms with E-state index < -0.39 is 23.3 Å². The number of likely N-dealkylation sites (N-methyl/N-ethyl adjacent to an activating group) is 1. The third kappa shape index (κ3) is 4.07. The van der Waals surface area contributed by atoms with Crippen LogP contribution in [-0.4, -0.2) is 46.8 Å². The third-order valence-electron chi connectivity index (χ3n) is 4.45. The van der Waals surface area contributed by atoms with Gasteiger partial charge >= 0.3 is 6.18 Å². The second kappa shape index (κ2) is 7.11. The van der Waals surface area contributed by atoms with Gasteiger partial charge in [0, 0.05) is 19.1 Å². The second-order valence-electron chi connectivity index (χ2n) is 6.62. The van der Waals surface area contributed by atoms with E-state index in [9.17, 15) is 18.0 Å². The Kier molecular flexibility index (Phi) is 5.04. The van der Waals surface area contributed by atoms with Crippen molar-refractivity contribution in [2.75, 3.05) is 20.1 Å². The molecule has 26 heavy (non-hydrogen) atoms. The van der Waals surface area contributed by atoms with Crippen molar-refractivity contribution in [2.24, 2.45) is 0 Å². The lowest BCUT2D eigenvalue weighted by Gasteiger charge is -2.16. The lowest BCUT2D eigenvalue weighted by Crippen LogP contribution is -2.34. The minimum atomic E-state index is -4.70. The van der Waals surface area contributed by atoms with Gasteiger partial charge in [-0.1, -0.05) is 12.1 Å². The van der Waals surface area contributed by atoms with E-state index in [1.165, 1.54) is 6.07 Å². The van der Waals surface area contributed by atoms with Crippen molar-refractivity contribution in [3.8, 4) is 5.69 Å². The molecule has 140 valence electrons. The largest absolute Gasteiger partial charge is 0.434 e. The van der Waals surface area contributed by atoms with Crippen molar-refractivity contribution in [1.82, 2.24) is 20.0 Å². The first-order valence-electron chi connectivity index (χ1n) is 8.48. The van der Waals surface area contributed by atoms with Crippen LogP contribution in [0, 0.1) is 6.92 Å². The summed E-state index contributed by atoms with van der Waals surface area (Å²) in [5.41, 5.74) is -0.450. The standard InChI is InChI=1S/C18H21F3N4O/c1-12-4-3-5-14(10-12)25-16(18(19,20)21)15(11-23-25)17(26)22-8-9-24(2)13-6-7-13/h3-5,10-11,13H,6-9H2,1-2H3,(H,22,26). The summed E-state index contributed by atoms with van der Waals surface area (Å²) < 4.78 is 41.6. The van der Waals surface area contributed by atoms with Crippen LogP contribution >= 0.6 is 0 Å². The van der Waals surface area contributed by atoms with Gasteiger partial charge in [0.2, 0.25) is 0 Å². The third-order valence-corrected chi connectivity index (χ3v) is 4.45. The molecule has 0 bridgehead atoms. The van der Waals surface area contributed by atoms with Crippen molar-refractivity contribution < 1.29 is 18.0 Å². The quantitative estimate of drug-likeness (QED) is 0.855. The van der Waals surface area contributed by atoms with Gasteiger partial charge in [-0.05, 0) is 44.5 Å². The van der Waals surface area contributed by atoms with E-state index in [1.807, 2.05) is 7.05 Å². The van der Waals surface area contributed by atoms with Crippen LogP contribution in [-0.2, 0) is 6.18 Å². The van der Waals surface area contributed by atoms with Crippen LogP contribution in [0.2, 0.25) is 0 Å². The molecular weight excluding hydrogens is 345 g/mol. The number of amides is 1. The number of rotatable bonds is 6. The first kappa shape index (κ1) is 18.4. The van der Waals surface area contributed by atoms with Gasteiger partial charge in [0.25, 0.3) is 5.91 Å². The Bertz CT molecular complexity index is 796. The summed E-state index contributed by atoms with van der Waals surface area (Å²) in [5, 5.41) is 6.39. The molecule has 1 heterocycles. The van der Waals surface area contributed by atoms with Gasteiger partial charge in [-0.15, -0.1) is 0 Å². The van der Waals surface area contributed by atoms with Gasteiger partial charge in [0.05, 0.1) is 17.4 Å². The normalized spacial score (nSPS) is 14.7. The van der Waals surface area contributed by atoms with Crippen LogP contribution < -0.4 is 5.32 Å². The summed E-state index contributed by atoms with van der Waals surface area (Å²) in [4.78, 5) is 14.4. The van der Waals surface area contributed by atoms with E-state index in [4.69, 9.17) is 0 Å². The Morgan fingerprint density at radius 1 is 1.38 bits per heavy atom. The molecule has 8 heteroatoms. The molecule has 1 N–H and O–H groups in total. The number of carbonyl (C=O) groups is 1. The maximum atomic E-state index is 13.6. The molecule has 5 nitrogen and oxygen atoms in total. The van der Waals surface area contributed by atoms with Gasteiger partial charge in [-0.3, -0.25) is 4.79 Å². The zero-order valence-corrected chi connectivity index (χ0v) is 14.7. The Hall–Kier alpha value is -2.35. The smallest absolute Gasteiger partial charge is 0.351 e. The number of benzene rings is 1. The van der Waals surface area contributed by atoms with Crippen molar-refractivity contribution in [2.45, 2.75) is 32.0 Å². The lowest BCUT2D eigenvalue weighted by molar-refractivity contribution is -0.143. The number of hydrogen-bond donors (Lipinski definition) is 1. The van der Waals surface area contributed by atoms with Gasteiger partial charge in [-0.25, -0.2) is 4.68 Å². The number of hydrogen-bond acceptors (Lipinski definition) is 3. The molecule has 1 saturated carbocycles. The van der Waals surface area contributed by atoms with Gasteiger partial charge in [0.15, 0.2) is 5.69 Å².